The molecule has 27 heavy (non-hydrogen) atoms. The largest absolute Gasteiger partial charge is 0.348 e. The highest BCUT2D eigenvalue weighted by molar-refractivity contribution is 7.18. The molecule has 4 rings (SSSR count). The molecule has 0 spiro atoms. The van der Waals surface area contributed by atoms with Gasteiger partial charge in [0.05, 0.1) is 17.8 Å². The zero-order chi connectivity index (χ0) is 19.0. The number of aryl methyl sites for hydroxylation is 1. The number of nitrogens with one attached hydrogen (secondary N) is 1. The minimum Gasteiger partial charge on any atom is -0.348 e. The molecule has 1 amide bonds. The smallest absolute Gasteiger partial charge is 0.262 e. The van der Waals surface area contributed by atoms with Crippen LogP contribution in [0, 0.1) is 5.92 Å². The molecule has 0 fully saturated rings. The van der Waals surface area contributed by atoms with Crippen LogP contribution in [0.1, 0.15) is 42.3 Å². The summed E-state index contributed by atoms with van der Waals surface area (Å²) in [6.07, 6.45) is 4.55. The first-order chi connectivity index (χ1) is 13.0. The van der Waals surface area contributed by atoms with Crippen molar-refractivity contribution >= 4 is 27.5 Å². The number of benzene rings is 1. The molecule has 1 aliphatic rings. The molecule has 0 bridgehead atoms. The van der Waals surface area contributed by atoms with Gasteiger partial charge in [0.25, 0.3) is 5.56 Å². The predicted octanol–water partition coefficient (Wildman–Crippen LogP) is 3.46. The van der Waals surface area contributed by atoms with Gasteiger partial charge in [0.15, 0.2) is 0 Å². The number of hydrogen-bond donors (Lipinski definition) is 1. The zero-order valence-electron chi connectivity index (χ0n) is 15.6. The summed E-state index contributed by atoms with van der Waals surface area (Å²) in [7, 11) is 0. The van der Waals surface area contributed by atoms with Gasteiger partial charge < -0.3 is 5.32 Å². The molecule has 0 aliphatic heterocycles. The number of nitrogens with zero attached hydrogens (tertiary/aromatic N) is 2. The second-order valence-corrected chi connectivity index (χ2v) is 8.49. The molecule has 2 aromatic heterocycles. The standard InChI is InChI=1S/C21H23N3O2S/c1-13-8-9-16-17(10-13)27-20-19(16)21(26)24(12-22-20)11-18(25)23-14(2)15-6-4-3-5-7-15/h3-7,12-14H,8-11H2,1-2H3,(H,23,25)/t13-,14+/m0/s1. The highest BCUT2D eigenvalue weighted by atomic mass is 32.1. The van der Waals surface area contributed by atoms with E-state index in [1.165, 1.54) is 15.8 Å². The minimum absolute atomic E-state index is 0.0139. The molecule has 140 valence electrons. The summed E-state index contributed by atoms with van der Waals surface area (Å²) in [4.78, 5) is 32.0. The Morgan fingerprint density at radius 1 is 1.37 bits per heavy atom. The van der Waals surface area contributed by atoms with Crippen LogP contribution in [0.5, 0.6) is 0 Å². The number of rotatable bonds is 4. The Morgan fingerprint density at radius 2 is 2.15 bits per heavy atom. The van der Waals surface area contributed by atoms with Crippen molar-refractivity contribution < 1.29 is 4.79 Å². The van der Waals surface area contributed by atoms with E-state index in [9.17, 15) is 9.59 Å². The van der Waals surface area contributed by atoms with Gasteiger partial charge in [-0.3, -0.25) is 14.2 Å². The Balaban J connectivity index is 1.56. The molecule has 3 aromatic rings. The molecule has 2 heterocycles. The Kier molecular flexibility index (Phi) is 4.83. The van der Waals surface area contributed by atoms with Crippen molar-refractivity contribution in [2.75, 3.05) is 0 Å². The minimum atomic E-state index is -0.188. The maximum absolute atomic E-state index is 13.0. The third-order valence-electron chi connectivity index (χ3n) is 5.27. The summed E-state index contributed by atoms with van der Waals surface area (Å²) < 4.78 is 1.43. The third kappa shape index (κ3) is 3.54. The summed E-state index contributed by atoms with van der Waals surface area (Å²) >= 11 is 1.63. The lowest BCUT2D eigenvalue weighted by Crippen LogP contribution is -2.34. The van der Waals surface area contributed by atoms with Gasteiger partial charge in [-0.25, -0.2) is 4.98 Å². The van der Waals surface area contributed by atoms with E-state index in [-0.39, 0.29) is 24.1 Å². The fourth-order valence-corrected chi connectivity index (χ4v) is 5.09. The van der Waals surface area contributed by atoms with Crippen molar-refractivity contribution in [2.45, 2.75) is 45.7 Å². The van der Waals surface area contributed by atoms with E-state index in [0.29, 0.717) is 11.3 Å². The second-order valence-electron chi connectivity index (χ2n) is 7.41. The van der Waals surface area contributed by atoms with E-state index in [1.807, 2.05) is 37.3 Å². The molecule has 0 saturated heterocycles. The molecule has 0 saturated carbocycles. The van der Waals surface area contributed by atoms with Crippen molar-refractivity contribution in [1.29, 1.82) is 0 Å². The summed E-state index contributed by atoms with van der Waals surface area (Å²) in [6, 6.07) is 9.68. The Labute approximate surface area is 162 Å². The van der Waals surface area contributed by atoms with Crippen LogP contribution in [0.3, 0.4) is 0 Å². The van der Waals surface area contributed by atoms with E-state index >= 15 is 0 Å². The molecule has 1 aromatic carbocycles. The van der Waals surface area contributed by atoms with E-state index in [2.05, 4.69) is 17.2 Å². The predicted molar refractivity (Wildman–Crippen MR) is 108 cm³/mol. The number of fused-ring (bicyclic) bond motifs is 3. The van der Waals surface area contributed by atoms with Crippen molar-refractivity contribution in [3.63, 3.8) is 0 Å². The lowest BCUT2D eigenvalue weighted by molar-refractivity contribution is -0.122. The number of aromatic nitrogens is 2. The van der Waals surface area contributed by atoms with Crippen LogP contribution in [-0.2, 0) is 24.2 Å². The monoisotopic (exact) mass is 381 g/mol. The lowest BCUT2D eigenvalue weighted by Gasteiger charge is -2.17. The molecule has 5 nitrogen and oxygen atoms in total. The first-order valence-corrected chi connectivity index (χ1v) is 10.2. The maximum atomic E-state index is 13.0. The van der Waals surface area contributed by atoms with E-state index in [4.69, 9.17) is 0 Å². The normalized spacial score (nSPS) is 17.5. The number of carbonyl (C=O) groups excluding carboxylic acids is 1. The van der Waals surface area contributed by atoms with E-state index < -0.39 is 0 Å². The Bertz CT molecular complexity index is 1040. The molecule has 1 N–H and O–H groups in total. The van der Waals surface area contributed by atoms with Crippen LogP contribution in [0.4, 0.5) is 0 Å². The maximum Gasteiger partial charge on any atom is 0.262 e. The van der Waals surface area contributed by atoms with Crippen molar-refractivity contribution in [3.05, 3.63) is 63.0 Å². The summed E-state index contributed by atoms with van der Waals surface area (Å²) in [5.41, 5.74) is 2.08. The number of carbonyl (C=O) groups is 1. The molecular weight excluding hydrogens is 358 g/mol. The Hall–Kier alpha value is -2.47. The van der Waals surface area contributed by atoms with Crippen molar-refractivity contribution in [3.8, 4) is 0 Å². The van der Waals surface area contributed by atoms with E-state index in [1.54, 1.807) is 11.3 Å². The first kappa shape index (κ1) is 17.9. The highest BCUT2D eigenvalue weighted by Crippen LogP contribution is 2.35. The average molecular weight is 382 g/mol. The van der Waals surface area contributed by atoms with Gasteiger partial charge in [-0.05, 0) is 43.2 Å². The molecular formula is C21H23N3O2S. The number of hydrogen-bond acceptors (Lipinski definition) is 4. The van der Waals surface area contributed by atoms with Gasteiger partial charge in [-0.2, -0.15) is 0 Å². The highest BCUT2D eigenvalue weighted by Gasteiger charge is 2.23. The van der Waals surface area contributed by atoms with Crippen LogP contribution in [-0.4, -0.2) is 15.5 Å². The fourth-order valence-electron chi connectivity index (χ4n) is 3.75. The molecule has 1 aliphatic carbocycles. The van der Waals surface area contributed by atoms with E-state index in [0.717, 1.165) is 35.2 Å². The molecule has 0 radical (unpaired) electrons. The summed E-state index contributed by atoms with van der Waals surface area (Å²) in [5.74, 6) is 0.463. The van der Waals surface area contributed by atoms with Crippen LogP contribution in [0.2, 0.25) is 0 Å². The Morgan fingerprint density at radius 3 is 2.93 bits per heavy atom. The summed E-state index contributed by atoms with van der Waals surface area (Å²) in [6.45, 7) is 4.17. The third-order valence-corrected chi connectivity index (χ3v) is 6.44. The number of amides is 1. The molecule has 2 atom stereocenters. The van der Waals surface area contributed by atoms with Gasteiger partial charge in [-0.1, -0.05) is 37.3 Å². The fraction of sp³-hybridized carbons (Fsp3) is 0.381. The van der Waals surface area contributed by atoms with Gasteiger partial charge >= 0.3 is 0 Å². The zero-order valence-corrected chi connectivity index (χ0v) is 16.4. The van der Waals surface area contributed by atoms with Gasteiger partial charge in [0.1, 0.15) is 11.4 Å². The SMILES string of the molecule is C[C@H]1CCc2c(sc3ncn(CC(=O)N[C@H](C)c4ccccc4)c(=O)c23)C1. The molecule has 6 heteroatoms. The topological polar surface area (TPSA) is 64.0 Å². The van der Waals surface area contributed by atoms with Crippen LogP contribution < -0.4 is 10.9 Å². The first-order valence-electron chi connectivity index (χ1n) is 9.37. The quantitative estimate of drug-likeness (QED) is 0.753. The number of thiophene rings is 1. The lowest BCUT2D eigenvalue weighted by atomic mass is 9.89. The van der Waals surface area contributed by atoms with Crippen LogP contribution in [0.25, 0.3) is 10.2 Å². The van der Waals surface area contributed by atoms with Crippen molar-refractivity contribution in [2.24, 2.45) is 5.92 Å². The second kappa shape index (κ2) is 7.27. The van der Waals surface area contributed by atoms with Gasteiger partial charge in [0.2, 0.25) is 5.91 Å². The van der Waals surface area contributed by atoms with Crippen LogP contribution in [0.15, 0.2) is 41.5 Å². The molecule has 0 unspecified atom stereocenters. The van der Waals surface area contributed by atoms with Crippen LogP contribution >= 0.6 is 11.3 Å². The average Bonchev–Trinajstić information content (AvgIpc) is 3.02. The van der Waals surface area contributed by atoms with Gasteiger partial charge in [-0.15, -0.1) is 11.3 Å². The van der Waals surface area contributed by atoms with Crippen molar-refractivity contribution in [1.82, 2.24) is 14.9 Å². The van der Waals surface area contributed by atoms with Gasteiger partial charge in [0, 0.05) is 4.88 Å². The summed E-state index contributed by atoms with van der Waals surface area (Å²) in [5, 5.41) is 3.67.